The summed E-state index contributed by atoms with van der Waals surface area (Å²) in [6.07, 6.45) is -0.536. The van der Waals surface area contributed by atoms with Crippen molar-refractivity contribution in [2.75, 3.05) is 6.54 Å². The molecule has 0 aromatic rings. The number of Topliss-reactive ketones (excluding diaryl/α,β-unsaturated/α-hetero) is 1. The van der Waals surface area contributed by atoms with Crippen LogP contribution in [-0.4, -0.2) is 35.0 Å². The number of nitrogens with zero attached hydrogens (tertiary/aromatic N) is 2. The summed E-state index contributed by atoms with van der Waals surface area (Å²) in [4.78, 5) is 24.6. The fraction of sp³-hybridized carbons (Fsp3) is 0.727. The second-order valence-electron chi connectivity index (χ2n) is 4.89. The maximum absolute atomic E-state index is 11.7. The molecule has 16 heavy (non-hydrogen) atoms. The highest BCUT2D eigenvalue weighted by atomic mass is 16.6. The minimum atomic E-state index is -0.720. The van der Waals surface area contributed by atoms with Crippen LogP contribution in [0.25, 0.3) is 0 Å². The van der Waals surface area contributed by atoms with Gasteiger partial charge in [0.25, 0.3) is 0 Å². The Morgan fingerprint density at radius 1 is 1.56 bits per heavy atom. The number of nitriles is 1. The van der Waals surface area contributed by atoms with Gasteiger partial charge in [0, 0.05) is 6.54 Å². The zero-order valence-electron chi connectivity index (χ0n) is 9.98. The lowest BCUT2D eigenvalue weighted by molar-refractivity contribution is -0.121. The lowest BCUT2D eigenvalue weighted by atomic mass is 10.1. The van der Waals surface area contributed by atoms with Crippen LogP contribution in [0.5, 0.6) is 0 Å². The third-order valence-corrected chi connectivity index (χ3v) is 2.39. The molecule has 1 heterocycles. The minimum absolute atomic E-state index is 0.130. The van der Waals surface area contributed by atoms with E-state index in [9.17, 15) is 9.59 Å². The molecule has 88 valence electrons. The van der Waals surface area contributed by atoms with E-state index >= 15 is 0 Å². The molecule has 0 spiro atoms. The molecular formula is C11H16N2O3. The quantitative estimate of drug-likeness (QED) is 0.622. The Kier molecular flexibility index (Phi) is 3.22. The Labute approximate surface area is 95.0 Å². The molecule has 0 aromatic heterocycles. The molecule has 5 heteroatoms. The van der Waals surface area contributed by atoms with Crippen molar-refractivity contribution in [3.05, 3.63) is 0 Å². The van der Waals surface area contributed by atoms with Crippen LogP contribution in [0, 0.1) is 17.2 Å². The molecule has 0 bridgehead atoms. The Hall–Kier alpha value is -1.57. The van der Waals surface area contributed by atoms with E-state index in [2.05, 4.69) is 0 Å². The van der Waals surface area contributed by atoms with Crippen LogP contribution in [-0.2, 0) is 9.53 Å². The van der Waals surface area contributed by atoms with Crippen LogP contribution in [0.4, 0.5) is 4.79 Å². The molecule has 0 N–H and O–H groups in total. The van der Waals surface area contributed by atoms with Crippen molar-refractivity contribution < 1.29 is 14.3 Å². The van der Waals surface area contributed by atoms with Gasteiger partial charge >= 0.3 is 6.09 Å². The predicted octanol–water partition coefficient (Wildman–Crippen LogP) is 1.33. The van der Waals surface area contributed by atoms with Gasteiger partial charge in [-0.25, -0.2) is 4.79 Å². The highest BCUT2D eigenvalue weighted by Crippen LogP contribution is 2.21. The van der Waals surface area contributed by atoms with E-state index in [1.165, 1.54) is 4.90 Å². The van der Waals surface area contributed by atoms with Gasteiger partial charge in [0.2, 0.25) is 0 Å². The number of likely N-dealkylation sites (tertiary alicyclic amines) is 1. The second kappa shape index (κ2) is 4.12. The average Bonchev–Trinajstić information content (AvgIpc) is 2.41. The van der Waals surface area contributed by atoms with Crippen LogP contribution in [0.3, 0.4) is 0 Å². The first-order valence-corrected chi connectivity index (χ1v) is 5.19. The summed E-state index contributed by atoms with van der Waals surface area (Å²) in [5.74, 6) is -0.934. The zero-order chi connectivity index (χ0) is 12.5. The van der Waals surface area contributed by atoms with E-state index in [0.29, 0.717) is 0 Å². The lowest BCUT2D eigenvalue weighted by Crippen LogP contribution is -2.40. The van der Waals surface area contributed by atoms with Crippen molar-refractivity contribution in [2.45, 2.75) is 39.3 Å². The summed E-state index contributed by atoms with van der Waals surface area (Å²) in [5, 5.41) is 8.74. The zero-order valence-corrected chi connectivity index (χ0v) is 9.98. The van der Waals surface area contributed by atoms with Crippen LogP contribution in [0.15, 0.2) is 0 Å². The fourth-order valence-corrected chi connectivity index (χ4v) is 1.55. The van der Waals surface area contributed by atoms with Gasteiger partial charge in [-0.1, -0.05) is 0 Å². The summed E-state index contributed by atoms with van der Waals surface area (Å²) in [6, 6.07) is 1.32. The number of rotatable bonds is 0. The molecule has 0 saturated carbocycles. The van der Waals surface area contributed by atoms with Crippen molar-refractivity contribution in [1.29, 1.82) is 5.26 Å². The van der Waals surface area contributed by atoms with Gasteiger partial charge in [0.1, 0.15) is 11.5 Å². The van der Waals surface area contributed by atoms with E-state index < -0.39 is 23.7 Å². The second-order valence-corrected chi connectivity index (χ2v) is 4.89. The first kappa shape index (κ1) is 12.5. The SMILES string of the molecule is CC1C(=O)C(C#N)CN1C(=O)OC(C)(C)C. The van der Waals surface area contributed by atoms with Crippen molar-refractivity contribution in [3.8, 4) is 6.07 Å². The molecule has 0 aromatic carbocycles. The van der Waals surface area contributed by atoms with E-state index in [4.69, 9.17) is 10.00 Å². The van der Waals surface area contributed by atoms with E-state index in [-0.39, 0.29) is 12.3 Å². The van der Waals surface area contributed by atoms with Gasteiger partial charge in [-0.05, 0) is 27.7 Å². The van der Waals surface area contributed by atoms with Crippen molar-refractivity contribution in [3.63, 3.8) is 0 Å². The van der Waals surface area contributed by atoms with Crippen LogP contribution < -0.4 is 0 Å². The third kappa shape index (κ3) is 2.51. The molecule has 5 nitrogen and oxygen atoms in total. The van der Waals surface area contributed by atoms with Gasteiger partial charge in [0.15, 0.2) is 5.78 Å². The Bertz CT molecular complexity index is 351. The Morgan fingerprint density at radius 3 is 2.50 bits per heavy atom. The number of carbonyl (C=O) groups is 2. The molecule has 1 rings (SSSR count). The number of hydrogen-bond acceptors (Lipinski definition) is 4. The molecule has 0 radical (unpaired) electrons. The molecule has 0 aliphatic carbocycles. The Balaban J connectivity index is 2.73. The van der Waals surface area contributed by atoms with Crippen LogP contribution in [0.2, 0.25) is 0 Å². The van der Waals surface area contributed by atoms with E-state index in [1.807, 2.05) is 6.07 Å². The van der Waals surface area contributed by atoms with Gasteiger partial charge in [-0.3, -0.25) is 9.69 Å². The smallest absolute Gasteiger partial charge is 0.410 e. The Morgan fingerprint density at radius 2 is 2.12 bits per heavy atom. The largest absolute Gasteiger partial charge is 0.444 e. The normalized spacial score (nSPS) is 25.4. The molecule has 2 atom stereocenters. The predicted molar refractivity (Wildman–Crippen MR) is 56.5 cm³/mol. The summed E-state index contributed by atoms with van der Waals surface area (Å²) in [7, 11) is 0. The molecule has 1 fully saturated rings. The highest BCUT2D eigenvalue weighted by Gasteiger charge is 2.41. The fourth-order valence-electron chi connectivity index (χ4n) is 1.55. The van der Waals surface area contributed by atoms with Crippen molar-refractivity contribution in [1.82, 2.24) is 4.90 Å². The number of hydrogen-bond donors (Lipinski definition) is 0. The number of amides is 1. The minimum Gasteiger partial charge on any atom is -0.444 e. The molecular weight excluding hydrogens is 208 g/mol. The maximum atomic E-state index is 11.7. The van der Waals surface area contributed by atoms with Crippen molar-refractivity contribution >= 4 is 11.9 Å². The van der Waals surface area contributed by atoms with Crippen molar-refractivity contribution in [2.24, 2.45) is 5.92 Å². The summed E-state index contributed by atoms with van der Waals surface area (Å²) >= 11 is 0. The van der Waals surface area contributed by atoms with Gasteiger partial charge in [-0.15, -0.1) is 0 Å². The monoisotopic (exact) mass is 224 g/mol. The number of ether oxygens (including phenoxy) is 1. The molecule has 1 aliphatic rings. The van der Waals surface area contributed by atoms with Crippen LogP contribution in [0.1, 0.15) is 27.7 Å². The van der Waals surface area contributed by atoms with E-state index in [0.717, 1.165) is 0 Å². The summed E-state index contributed by atoms with van der Waals surface area (Å²) < 4.78 is 5.16. The number of ketones is 1. The van der Waals surface area contributed by atoms with Gasteiger partial charge in [-0.2, -0.15) is 5.26 Å². The topological polar surface area (TPSA) is 70.4 Å². The number of carbonyl (C=O) groups excluding carboxylic acids is 2. The van der Waals surface area contributed by atoms with Crippen LogP contribution >= 0.6 is 0 Å². The van der Waals surface area contributed by atoms with Gasteiger partial charge < -0.3 is 4.74 Å². The van der Waals surface area contributed by atoms with Gasteiger partial charge in [0.05, 0.1) is 12.1 Å². The summed E-state index contributed by atoms with van der Waals surface area (Å²) in [6.45, 7) is 7.02. The lowest BCUT2D eigenvalue weighted by Gasteiger charge is -2.26. The highest BCUT2D eigenvalue weighted by molar-refractivity contribution is 5.94. The van der Waals surface area contributed by atoms with E-state index in [1.54, 1.807) is 27.7 Å². The molecule has 1 amide bonds. The first-order chi connectivity index (χ1) is 7.26. The molecule has 1 aliphatic heterocycles. The summed E-state index contributed by atoms with van der Waals surface area (Å²) in [5.41, 5.74) is -0.593. The standard InChI is InChI=1S/C11H16N2O3/c1-7-9(14)8(5-12)6-13(7)10(15)16-11(2,3)4/h7-8H,6H2,1-4H3. The first-order valence-electron chi connectivity index (χ1n) is 5.19. The average molecular weight is 224 g/mol. The maximum Gasteiger partial charge on any atom is 0.410 e. The molecule has 1 saturated heterocycles. The third-order valence-electron chi connectivity index (χ3n) is 2.39. The molecule has 2 unspecified atom stereocenters.